The molecule has 1 amide bonds. The zero-order valence-corrected chi connectivity index (χ0v) is 15.2. The number of hydrogen-bond donors (Lipinski definition) is 2. The number of piperidine rings is 1. The number of nitrogens with zero attached hydrogens (tertiary/aromatic N) is 2. The van der Waals surface area contributed by atoms with Gasteiger partial charge < -0.3 is 15.3 Å². The van der Waals surface area contributed by atoms with E-state index in [4.69, 9.17) is 0 Å². The maximum Gasteiger partial charge on any atom is 0.330 e. The highest BCUT2D eigenvalue weighted by Crippen LogP contribution is 2.47. The summed E-state index contributed by atoms with van der Waals surface area (Å²) in [6.45, 7) is 2.99. The third-order valence-corrected chi connectivity index (χ3v) is 6.22. The molecule has 1 aromatic rings. The summed E-state index contributed by atoms with van der Waals surface area (Å²) < 4.78 is 1.99. The number of carboxylic acid groups (broad SMARTS) is 1. The van der Waals surface area contributed by atoms with E-state index < -0.39 is 22.2 Å². The van der Waals surface area contributed by atoms with Crippen molar-refractivity contribution >= 4 is 23.8 Å². The predicted molar refractivity (Wildman–Crippen MR) is 97.4 cm³/mol. The van der Waals surface area contributed by atoms with Gasteiger partial charge in [-0.1, -0.05) is 25.1 Å². The first kappa shape index (κ1) is 19.4. The molecule has 2 rings (SSSR count). The van der Waals surface area contributed by atoms with Gasteiger partial charge in [-0.25, -0.2) is 4.79 Å². The molecule has 1 saturated heterocycles. The van der Waals surface area contributed by atoms with Crippen molar-refractivity contribution in [1.82, 2.24) is 10.2 Å². The highest BCUT2D eigenvalue weighted by Gasteiger charge is 2.58. The number of rotatable bonds is 7. The summed E-state index contributed by atoms with van der Waals surface area (Å²) >= 11 is 0.746. The molecular formula is C17H23N3O4S. The number of amides is 1. The first-order chi connectivity index (χ1) is 11.9. The van der Waals surface area contributed by atoms with E-state index in [1.165, 1.54) is 0 Å². The Morgan fingerprint density at radius 1 is 1.32 bits per heavy atom. The van der Waals surface area contributed by atoms with Gasteiger partial charge in [0.25, 0.3) is 5.91 Å². The van der Waals surface area contributed by atoms with Crippen LogP contribution in [0, 0.1) is 4.91 Å². The minimum Gasteiger partial charge on any atom is -0.479 e. The highest BCUT2D eigenvalue weighted by molar-refractivity contribution is 7.99. The molecule has 0 aliphatic carbocycles. The van der Waals surface area contributed by atoms with Crippen LogP contribution in [0.25, 0.3) is 0 Å². The Balaban J connectivity index is 2.43. The van der Waals surface area contributed by atoms with E-state index in [9.17, 15) is 19.6 Å². The average molecular weight is 365 g/mol. The van der Waals surface area contributed by atoms with Crippen molar-refractivity contribution < 1.29 is 14.7 Å². The Bertz CT molecular complexity index is 632. The van der Waals surface area contributed by atoms with Gasteiger partial charge in [-0.3, -0.25) is 4.79 Å². The Hall–Kier alpha value is -1.93. The van der Waals surface area contributed by atoms with Crippen molar-refractivity contribution in [3.05, 3.63) is 40.8 Å². The zero-order valence-electron chi connectivity index (χ0n) is 14.4. The SMILES string of the molecule is CCC(NC(=O)c1ccccc1)(C(=O)O)C1(SN=O)CCN(C)CC1. The largest absolute Gasteiger partial charge is 0.479 e. The van der Waals surface area contributed by atoms with Crippen LogP contribution in [0.5, 0.6) is 0 Å². The fourth-order valence-corrected chi connectivity index (χ4v) is 4.37. The molecule has 1 aliphatic rings. The highest BCUT2D eigenvalue weighted by atomic mass is 32.2. The predicted octanol–water partition coefficient (Wildman–Crippen LogP) is 2.53. The molecule has 7 nitrogen and oxygen atoms in total. The lowest BCUT2D eigenvalue weighted by molar-refractivity contribution is -0.147. The van der Waals surface area contributed by atoms with Gasteiger partial charge in [-0.05, 0) is 51.5 Å². The van der Waals surface area contributed by atoms with Gasteiger partial charge in [0.15, 0.2) is 5.54 Å². The van der Waals surface area contributed by atoms with Crippen LogP contribution in [-0.2, 0) is 4.79 Å². The van der Waals surface area contributed by atoms with E-state index in [1.54, 1.807) is 37.3 Å². The molecule has 2 N–H and O–H groups in total. The fraction of sp³-hybridized carbons (Fsp3) is 0.529. The molecule has 0 saturated carbocycles. The normalized spacial score (nSPS) is 19.6. The number of nitrogens with one attached hydrogen (secondary N) is 1. The molecule has 0 aromatic heterocycles. The van der Waals surface area contributed by atoms with Gasteiger partial charge in [-0.15, -0.1) is 4.91 Å². The lowest BCUT2D eigenvalue weighted by Gasteiger charge is -2.49. The standard InChI is InChI=1S/C17H23N3O4S/c1-3-17(15(22)23,18-14(21)13-7-5-4-6-8-13)16(25-19-24)9-11-20(2)12-10-16/h4-8H,3,9-12H2,1-2H3,(H,18,21)(H,22,23). The molecule has 1 atom stereocenters. The van der Waals surface area contributed by atoms with Crippen LogP contribution in [0.1, 0.15) is 36.5 Å². The number of carboxylic acids is 1. The van der Waals surface area contributed by atoms with Crippen molar-refractivity contribution in [3.63, 3.8) is 0 Å². The topological polar surface area (TPSA) is 99.1 Å². The second-order valence-electron chi connectivity index (χ2n) is 6.35. The Morgan fingerprint density at radius 3 is 2.40 bits per heavy atom. The quantitative estimate of drug-likeness (QED) is 0.569. The molecule has 1 heterocycles. The van der Waals surface area contributed by atoms with Gasteiger partial charge in [0.2, 0.25) is 0 Å². The Morgan fingerprint density at radius 2 is 1.92 bits per heavy atom. The van der Waals surface area contributed by atoms with E-state index >= 15 is 0 Å². The van der Waals surface area contributed by atoms with Crippen molar-refractivity contribution in [1.29, 1.82) is 0 Å². The number of aliphatic carboxylic acids is 1. The maximum atomic E-state index is 12.7. The van der Waals surface area contributed by atoms with Crippen LogP contribution in [0.2, 0.25) is 0 Å². The van der Waals surface area contributed by atoms with E-state index in [-0.39, 0.29) is 6.42 Å². The van der Waals surface area contributed by atoms with Crippen LogP contribution >= 0.6 is 11.9 Å². The van der Waals surface area contributed by atoms with Crippen LogP contribution in [-0.4, -0.2) is 52.3 Å². The van der Waals surface area contributed by atoms with Crippen molar-refractivity contribution in [3.8, 4) is 0 Å². The summed E-state index contributed by atoms with van der Waals surface area (Å²) in [5.74, 6) is -1.60. The zero-order chi connectivity index (χ0) is 18.5. The number of carbonyl (C=O) groups excluding carboxylic acids is 1. The summed E-state index contributed by atoms with van der Waals surface area (Å²) in [7, 11) is 1.94. The molecule has 8 heteroatoms. The molecule has 0 radical (unpaired) electrons. The molecule has 1 aromatic carbocycles. The fourth-order valence-electron chi connectivity index (χ4n) is 3.43. The van der Waals surface area contributed by atoms with Crippen molar-refractivity contribution in [2.24, 2.45) is 4.58 Å². The summed E-state index contributed by atoms with van der Waals surface area (Å²) in [5.41, 5.74) is -1.19. The van der Waals surface area contributed by atoms with Gasteiger partial charge in [0.05, 0.1) is 4.75 Å². The summed E-state index contributed by atoms with van der Waals surface area (Å²) in [6, 6.07) is 8.48. The first-order valence-electron chi connectivity index (χ1n) is 8.21. The van der Waals surface area contributed by atoms with Crippen LogP contribution < -0.4 is 5.32 Å². The van der Waals surface area contributed by atoms with E-state index in [2.05, 4.69) is 14.8 Å². The van der Waals surface area contributed by atoms with E-state index in [0.29, 0.717) is 31.5 Å². The van der Waals surface area contributed by atoms with Crippen LogP contribution in [0.15, 0.2) is 34.9 Å². The Kier molecular flexibility index (Phi) is 6.18. The molecule has 0 bridgehead atoms. The van der Waals surface area contributed by atoms with Gasteiger partial charge in [0, 0.05) is 22.1 Å². The minimum absolute atomic E-state index is 0.160. The van der Waals surface area contributed by atoms with Gasteiger partial charge in [-0.2, -0.15) is 0 Å². The number of benzene rings is 1. The number of hydrogen-bond acceptors (Lipinski definition) is 6. The number of likely N-dealkylation sites (tertiary alicyclic amines) is 1. The van der Waals surface area contributed by atoms with Gasteiger partial charge >= 0.3 is 5.97 Å². The second-order valence-corrected chi connectivity index (χ2v) is 7.46. The Labute approximate surface area is 151 Å². The number of nitroso groups, excluding NO2 is 1. The third kappa shape index (κ3) is 3.69. The molecular weight excluding hydrogens is 342 g/mol. The second kappa shape index (κ2) is 7.97. The molecule has 0 spiro atoms. The summed E-state index contributed by atoms with van der Waals surface area (Å²) in [6.07, 6.45) is 1.07. The van der Waals surface area contributed by atoms with Gasteiger partial charge in [0.1, 0.15) is 0 Å². The van der Waals surface area contributed by atoms with Crippen molar-refractivity contribution in [2.75, 3.05) is 20.1 Å². The molecule has 1 unspecified atom stereocenters. The lowest BCUT2D eigenvalue weighted by Crippen LogP contribution is -2.69. The molecule has 1 fully saturated rings. The van der Waals surface area contributed by atoms with E-state index in [1.807, 2.05) is 7.05 Å². The van der Waals surface area contributed by atoms with Crippen LogP contribution in [0.4, 0.5) is 0 Å². The first-order valence-corrected chi connectivity index (χ1v) is 8.98. The smallest absolute Gasteiger partial charge is 0.330 e. The minimum atomic E-state index is -1.57. The molecule has 1 aliphatic heterocycles. The van der Waals surface area contributed by atoms with Crippen LogP contribution in [0.3, 0.4) is 0 Å². The maximum absolute atomic E-state index is 12.7. The van der Waals surface area contributed by atoms with E-state index in [0.717, 1.165) is 11.9 Å². The molecule has 25 heavy (non-hydrogen) atoms. The molecule has 136 valence electrons. The average Bonchev–Trinajstić information content (AvgIpc) is 2.62. The van der Waals surface area contributed by atoms with Crippen molar-refractivity contribution in [2.45, 2.75) is 36.5 Å². The number of carbonyl (C=O) groups is 2. The monoisotopic (exact) mass is 365 g/mol. The lowest BCUT2D eigenvalue weighted by atomic mass is 9.74. The summed E-state index contributed by atoms with van der Waals surface area (Å²) in [5, 5.41) is 12.8. The summed E-state index contributed by atoms with van der Waals surface area (Å²) in [4.78, 5) is 38.1. The third-order valence-electron chi connectivity index (χ3n) is 5.04.